The van der Waals surface area contributed by atoms with E-state index in [1.54, 1.807) is 12.4 Å². The van der Waals surface area contributed by atoms with Crippen molar-refractivity contribution in [3.8, 4) is 0 Å². The summed E-state index contributed by atoms with van der Waals surface area (Å²) in [7, 11) is 0. The highest BCUT2D eigenvalue weighted by Gasteiger charge is 1.97. The Hall–Kier alpha value is -1.87. The van der Waals surface area contributed by atoms with Crippen LogP contribution >= 0.6 is 0 Å². The number of hydrogen-bond donors (Lipinski definition) is 2. The van der Waals surface area contributed by atoms with Crippen molar-refractivity contribution in [2.45, 2.75) is 13.1 Å². The van der Waals surface area contributed by atoms with Crippen LogP contribution in [-0.2, 0) is 13.1 Å². The van der Waals surface area contributed by atoms with Gasteiger partial charge in [0.2, 0.25) is 0 Å². The van der Waals surface area contributed by atoms with E-state index in [1.807, 2.05) is 24.3 Å². The molecule has 3 nitrogen and oxygen atoms in total. The van der Waals surface area contributed by atoms with E-state index in [1.165, 1.54) is 5.56 Å². The van der Waals surface area contributed by atoms with Gasteiger partial charge in [-0.2, -0.15) is 0 Å². The Bertz CT molecular complexity index is 440. The molecule has 82 valence electrons. The quantitative estimate of drug-likeness (QED) is 0.816. The maximum absolute atomic E-state index is 5.80. The molecule has 16 heavy (non-hydrogen) atoms. The van der Waals surface area contributed by atoms with E-state index in [-0.39, 0.29) is 0 Å². The van der Waals surface area contributed by atoms with Crippen molar-refractivity contribution in [3.63, 3.8) is 0 Å². The summed E-state index contributed by atoms with van der Waals surface area (Å²) in [5.74, 6) is 0. The second-order valence-electron chi connectivity index (χ2n) is 3.66. The van der Waals surface area contributed by atoms with Crippen LogP contribution < -0.4 is 11.1 Å². The number of nitrogens with one attached hydrogen (secondary N) is 1. The summed E-state index contributed by atoms with van der Waals surface area (Å²) in [4.78, 5) is 3.96. The minimum Gasteiger partial charge on any atom is -0.397 e. The molecule has 0 bridgehead atoms. The van der Waals surface area contributed by atoms with Crippen LogP contribution in [0.4, 0.5) is 5.69 Å². The van der Waals surface area contributed by atoms with E-state index < -0.39 is 0 Å². The van der Waals surface area contributed by atoms with Crippen LogP contribution in [0.3, 0.4) is 0 Å². The molecule has 0 aliphatic rings. The molecule has 0 atom stereocenters. The molecule has 3 heteroatoms. The zero-order valence-electron chi connectivity index (χ0n) is 9.06. The van der Waals surface area contributed by atoms with Crippen LogP contribution in [0.1, 0.15) is 11.1 Å². The third-order valence-electron chi connectivity index (χ3n) is 2.43. The van der Waals surface area contributed by atoms with E-state index in [9.17, 15) is 0 Å². The molecular formula is C13H15N3. The molecule has 0 saturated carbocycles. The smallest absolute Gasteiger partial charge is 0.0546 e. The molecule has 1 aromatic heterocycles. The number of anilines is 1. The summed E-state index contributed by atoms with van der Waals surface area (Å²) in [6.07, 6.45) is 3.44. The number of pyridine rings is 1. The first-order valence-corrected chi connectivity index (χ1v) is 5.29. The molecule has 2 rings (SSSR count). The molecule has 0 aliphatic carbocycles. The van der Waals surface area contributed by atoms with Crippen LogP contribution in [0.5, 0.6) is 0 Å². The summed E-state index contributed by atoms with van der Waals surface area (Å²) >= 11 is 0. The lowest BCUT2D eigenvalue weighted by atomic mass is 10.2. The molecule has 0 amide bonds. The van der Waals surface area contributed by atoms with Gasteiger partial charge in [0.05, 0.1) is 11.9 Å². The van der Waals surface area contributed by atoms with Gasteiger partial charge in [-0.05, 0) is 17.2 Å². The van der Waals surface area contributed by atoms with E-state index >= 15 is 0 Å². The summed E-state index contributed by atoms with van der Waals surface area (Å²) < 4.78 is 0. The lowest BCUT2D eigenvalue weighted by Crippen LogP contribution is -2.13. The van der Waals surface area contributed by atoms with E-state index in [2.05, 4.69) is 22.4 Å². The van der Waals surface area contributed by atoms with Crippen molar-refractivity contribution in [2.24, 2.45) is 0 Å². The Balaban J connectivity index is 1.87. The topological polar surface area (TPSA) is 50.9 Å². The SMILES string of the molecule is Nc1cnccc1CNCc1ccccc1. The summed E-state index contributed by atoms with van der Waals surface area (Å²) in [6.45, 7) is 1.62. The van der Waals surface area contributed by atoms with Crippen molar-refractivity contribution in [2.75, 3.05) is 5.73 Å². The minimum absolute atomic E-state index is 0.739. The average molecular weight is 213 g/mol. The van der Waals surface area contributed by atoms with Gasteiger partial charge in [0.1, 0.15) is 0 Å². The molecule has 2 aromatic rings. The average Bonchev–Trinajstić information content (AvgIpc) is 2.33. The maximum Gasteiger partial charge on any atom is 0.0546 e. The van der Waals surface area contributed by atoms with Gasteiger partial charge < -0.3 is 11.1 Å². The van der Waals surface area contributed by atoms with Crippen LogP contribution in [0.25, 0.3) is 0 Å². The maximum atomic E-state index is 5.80. The predicted molar refractivity (Wildman–Crippen MR) is 65.6 cm³/mol. The number of rotatable bonds is 4. The molecule has 0 spiro atoms. The Morgan fingerprint density at radius 3 is 2.62 bits per heavy atom. The molecule has 3 N–H and O–H groups in total. The van der Waals surface area contributed by atoms with E-state index in [4.69, 9.17) is 5.73 Å². The first kappa shape index (κ1) is 10.6. The zero-order valence-corrected chi connectivity index (χ0v) is 9.06. The lowest BCUT2D eigenvalue weighted by molar-refractivity contribution is 0.694. The van der Waals surface area contributed by atoms with Crippen LogP contribution in [-0.4, -0.2) is 4.98 Å². The number of benzene rings is 1. The number of nitrogens with zero attached hydrogens (tertiary/aromatic N) is 1. The molecular weight excluding hydrogens is 198 g/mol. The first-order valence-electron chi connectivity index (χ1n) is 5.29. The predicted octanol–water partition coefficient (Wildman–Crippen LogP) is 1.95. The highest BCUT2D eigenvalue weighted by atomic mass is 14.9. The largest absolute Gasteiger partial charge is 0.397 e. The van der Waals surface area contributed by atoms with Gasteiger partial charge in [-0.15, -0.1) is 0 Å². The fraction of sp³-hybridized carbons (Fsp3) is 0.154. The molecule has 0 aliphatic heterocycles. The molecule has 0 fully saturated rings. The van der Waals surface area contributed by atoms with Gasteiger partial charge in [-0.1, -0.05) is 30.3 Å². The third-order valence-corrected chi connectivity index (χ3v) is 2.43. The van der Waals surface area contributed by atoms with Crippen molar-refractivity contribution in [1.29, 1.82) is 0 Å². The summed E-state index contributed by atoms with van der Waals surface area (Å²) in [6, 6.07) is 12.2. The van der Waals surface area contributed by atoms with Crippen molar-refractivity contribution in [1.82, 2.24) is 10.3 Å². The van der Waals surface area contributed by atoms with Crippen molar-refractivity contribution < 1.29 is 0 Å². The Labute approximate surface area is 95.3 Å². The second kappa shape index (κ2) is 5.28. The highest BCUT2D eigenvalue weighted by Crippen LogP contribution is 2.08. The summed E-state index contributed by atoms with van der Waals surface area (Å²) in [5, 5.41) is 3.35. The Morgan fingerprint density at radius 1 is 1.06 bits per heavy atom. The van der Waals surface area contributed by atoms with Crippen LogP contribution in [0, 0.1) is 0 Å². The number of hydrogen-bond acceptors (Lipinski definition) is 3. The van der Waals surface area contributed by atoms with Crippen molar-refractivity contribution in [3.05, 3.63) is 59.9 Å². The Morgan fingerprint density at radius 2 is 1.88 bits per heavy atom. The molecule has 1 aromatic carbocycles. The monoisotopic (exact) mass is 213 g/mol. The minimum atomic E-state index is 0.739. The zero-order chi connectivity index (χ0) is 11.2. The normalized spacial score (nSPS) is 10.2. The number of aromatic nitrogens is 1. The van der Waals surface area contributed by atoms with Gasteiger partial charge in [-0.3, -0.25) is 4.98 Å². The fourth-order valence-electron chi connectivity index (χ4n) is 1.53. The third kappa shape index (κ3) is 2.81. The van der Waals surface area contributed by atoms with Gasteiger partial charge in [0.25, 0.3) is 0 Å². The Kier molecular flexibility index (Phi) is 3.51. The number of nitrogen functional groups attached to an aromatic ring is 1. The molecule has 0 unspecified atom stereocenters. The fourth-order valence-corrected chi connectivity index (χ4v) is 1.53. The van der Waals surface area contributed by atoms with E-state index in [0.717, 1.165) is 24.3 Å². The van der Waals surface area contributed by atoms with Gasteiger partial charge in [0.15, 0.2) is 0 Å². The van der Waals surface area contributed by atoms with Crippen molar-refractivity contribution >= 4 is 5.69 Å². The second-order valence-corrected chi connectivity index (χ2v) is 3.66. The molecule has 1 heterocycles. The van der Waals surface area contributed by atoms with Gasteiger partial charge in [0, 0.05) is 19.3 Å². The number of nitrogens with two attached hydrogens (primary N) is 1. The van der Waals surface area contributed by atoms with Gasteiger partial charge in [-0.25, -0.2) is 0 Å². The van der Waals surface area contributed by atoms with Gasteiger partial charge >= 0.3 is 0 Å². The summed E-state index contributed by atoms with van der Waals surface area (Å²) in [5.41, 5.74) is 8.90. The highest BCUT2D eigenvalue weighted by molar-refractivity contribution is 5.43. The van der Waals surface area contributed by atoms with E-state index in [0.29, 0.717) is 0 Å². The van der Waals surface area contributed by atoms with Crippen LogP contribution in [0.2, 0.25) is 0 Å². The standard InChI is InChI=1S/C13H15N3/c14-13-10-15-7-6-12(13)9-16-8-11-4-2-1-3-5-11/h1-7,10,16H,8-9,14H2. The van der Waals surface area contributed by atoms with Crippen LogP contribution in [0.15, 0.2) is 48.8 Å². The first-order chi connectivity index (χ1) is 7.86. The lowest BCUT2D eigenvalue weighted by Gasteiger charge is -2.06. The molecule has 0 radical (unpaired) electrons. The molecule has 0 saturated heterocycles.